The molecule has 1 aliphatic heterocycles. The van der Waals surface area contributed by atoms with Crippen LogP contribution in [0, 0.1) is 0 Å². The standard InChI is InChI=1S/C43H80N2O2/c1-3-5-7-9-11-13-15-17-19-21-23-28-36-46-39-42(47-37-29-24-22-20-18-16-14-12-10-8-6-4-2)38-45-34-32-43(40-44,33-35-45)41-30-26-25-27-31-41/h25-27,30-31,42H,3-24,28-29,32-40,44H2,1-2H3. The van der Waals surface area contributed by atoms with Crippen LogP contribution in [0.3, 0.4) is 0 Å². The molecule has 1 aliphatic rings. The van der Waals surface area contributed by atoms with Crippen LogP contribution < -0.4 is 5.73 Å². The van der Waals surface area contributed by atoms with E-state index in [1.807, 2.05) is 0 Å². The van der Waals surface area contributed by atoms with Gasteiger partial charge in [0, 0.05) is 31.7 Å². The summed E-state index contributed by atoms with van der Waals surface area (Å²) < 4.78 is 12.8. The third kappa shape index (κ3) is 21.0. The van der Waals surface area contributed by atoms with Gasteiger partial charge in [0.05, 0.1) is 12.7 Å². The summed E-state index contributed by atoms with van der Waals surface area (Å²) in [5.41, 5.74) is 7.91. The van der Waals surface area contributed by atoms with Crippen molar-refractivity contribution in [2.75, 3.05) is 46.0 Å². The van der Waals surface area contributed by atoms with Gasteiger partial charge in [0.1, 0.15) is 0 Å². The first kappa shape index (κ1) is 42.2. The minimum Gasteiger partial charge on any atom is -0.379 e. The second kappa shape index (κ2) is 29.9. The highest BCUT2D eigenvalue weighted by atomic mass is 16.5. The highest BCUT2D eigenvalue weighted by Gasteiger charge is 2.35. The molecule has 1 saturated heterocycles. The first-order valence-electron chi connectivity index (χ1n) is 20.9. The quantitative estimate of drug-likeness (QED) is 0.0765. The molecule has 1 fully saturated rings. The van der Waals surface area contributed by atoms with Crippen molar-refractivity contribution in [1.82, 2.24) is 4.90 Å². The molecule has 0 spiro atoms. The van der Waals surface area contributed by atoms with Crippen LogP contribution in [0.4, 0.5) is 0 Å². The third-order valence-electron chi connectivity index (χ3n) is 10.8. The second-order valence-corrected chi connectivity index (χ2v) is 15.0. The number of likely N-dealkylation sites (tertiary alicyclic amines) is 1. The van der Waals surface area contributed by atoms with Crippen LogP contribution in [-0.4, -0.2) is 57.0 Å². The Kier molecular flexibility index (Phi) is 26.9. The maximum Gasteiger partial charge on any atom is 0.0934 e. The molecule has 4 heteroatoms. The molecule has 274 valence electrons. The summed E-state index contributed by atoms with van der Waals surface area (Å²) in [6.07, 6.45) is 35.5. The number of piperidine rings is 1. The number of nitrogens with two attached hydrogens (primary N) is 1. The van der Waals surface area contributed by atoms with E-state index in [2.05, 4.69) is 49.1 Å². The van der Waals surface area contributed by atoms with E-state index in [9.17, 15) is 0 Å². The number of nitrogens with zero attached hydrogens (tertiary/aromatic N) is 1. The Hall–Kier alpha value is -0.940. The summed E-state index contributed by atoms with van der Waals surface area (Å²) in [4.78, 5) is 2.61. The van der Waals surface area contributed by atoms with Crippen LogP contribution in [0.2, 0.25) is 0 Å². The fourth-order valence-corrected chi connectivity index (χ4v) is 7.46. The Morgan fingerprint density at radius 2 is 1.02 bits per heavy atom. The number of unbranched alkanes of at least 4 members (excludes halogenated alkanes) is 22. The van der Waals surface area contributed by atoms with Gasteiger partial charge < -0.3 is 20.1 Å². The molecule has 2 N–H and O–H groups in total. The predicted octanol–water partition coefficient (Wildman–Crippen LogP) is 11.8. The number of hydrogen-bond donors (Lipinski definition) is 1. The van der Waals surface area contributed by atoms with Gasteiger partial charge in [0.2, 0.25) is 0 Å². The fourth-order valence-electron chi connectivity index (χ4n) is 7.46. The summed E-state index contributed by atoms with van der Waals surface area (Å²) in [5, 5.41) is 0. The van der Waals surface area contributed by atoms with Gasteiger partial charge >= 0.3 is 0 Å². The van der Waals surface area contributed by atoms with Crippen molar-refractivity contribution in [3.63, 3.8) is 0 Å². The SMILES string of the molecule is CCCCCCCCCCCCCCOCC(CN1CCC(CN)(c2ccccc2)CC1)OCCCCCCCCCCCCCC. The lowest BCUT2D eigenvalue weighted by Crippen LogP contribution is -2.49. The summed E-state index contributed by atoms with van der Waals surface area (Å²) in [6, 6.07) is 11.0. The molecule has 0 amide bonds. The first-order chi connectivity index (χ1) is 23.2. The zero-order chi connectivity index (χ0) is 33.5. The van der Waals surface area contributed by atoms with E-state index in [-0.39, 0.29) is 11.5 Å². The van der Waals surface area contributed by atoms with Crippen LogP contribution in [0.1, 0.15) is 186 Å². The summed E-state index contributed by atoms with van der Waals surface area (Å²) in [6.45, 7) is 11.0. The molecule has 1 aromatic rings. The van der Waals surface area contributed by atoms with Crippen LogP contribution in [0.5, 0.6) is 0 Å². The largest absolute Gasteiger partial charge is 0.379 e. The molecule has 1 unspecified atom stereocenters. The number of benzene rings is 1. The maximum absolute atomic E-state index is 6.52. The minimum absolute atomic E-state index is 0.119. The van der Waals surface area contributed by atoms with Crippen molar-refractivity contribution in [3.05, 3.63) is 35.9 Å². The molecule has 0 radical (unpaired) electrons. The molecule has 1 atom stereocenters. The third-order valence-corrected chi connectivity index (χ3v) is 10.8. The molecule has 0 bridgehead atoms. The van der Waals surface area contributed by atoms with E-state index < -0.39 is 0 Å². The van der Waals surface area contributed by atoms with Gasteiger partial charge in [-0.1, -0.05) is 185 Å². The lowest BCUT2D eigenvalue weighted by molar-refractivity contribution is -0.0388. The highest BCUT2D eigenvalue weighted by molar-refractivity contribution is 5.26. The summed E-state index contributed by atoms with van der Waals surface area (Å²) >= 11 is 0. The Bertz CT molecular complexity index is 779. The monoisotopic (exact) mass is 657 g/mol. The van der Waals surface area contributed by atoms with Crippen molar-refractivity contribution >= 4 is 0 Å². The summed E-state index contributed by atoms with van der Waals surface area (Å²) in [7, 11) is 0. The average molecular weight is 657 g/mol. The molecule has 1 heterocycles. The van der Waals surface area contributed by atoms with Gasteiger partial charge in [0.15, 0.2) is 0 Å². The van der Waals surface area contributed by atoms with Crippen molar-refractivity contribution < 1.29 is 9.47 Å². The molecular weight excluding hydrogens is 576 g/mol. The molecule has 4 nitrogen and oxygen atoms in total. The molecule has 0 saturated carbocycles. The smallest absolute Gasteiger partial charge is 0.0934 e. The maximum atomic E-state index is 6.52. The van der Waals surface area contributed by atoms with Crippen molar-refractivity contribution in [3.8, 4) is 0 Å². The highest BCUT2D eigenvalue weighted by Crippen LogP contribution is 2.34. The first-order valence-corrected chi connectivity index (χ1v) is 20.9. The molecule has 2 rings (SSSR count). The Labute approximate surface area is 293 Å². The van der Waals surface area contributed by atoms with Crippen LogP contribution in [0.25, 0.3) is 0 Å². The van der Waals surface area contributed by atoms with E-state index >= 15 is 0 Å². The zero-order valence-corrected chi connectivity index (χ0v) is 31.6. The lowest BCUT2D eigenvalue weighted by atomic mass is 9.73. The van der Waals surface area contributed by atoms with E-state index in [0.717, 1.165) is 58.8 Å². The van der Waals surface area contributed by atoms with Crippen LogP contribution >= 0.6 is 0 Å². The topological polar surface area (TPSA) is 47.7 Å². The average Bonchev–Trinajstić information content (AvgIpc) is 3.11. The Morgan fingerprint density at radius 3 is 1.47 bits per heavy atom. The van der Waals surface area contributed by atoms with Gasteiger partial charge in [-0.05, 0) is 44.3 Å². The Morgan fingerprint density at radius 1 is 0.596 bits per heavy atom. The van der Waals surface area contributed by atoms with E-state index in [4.69, 9.17) is 15.2 Å². The predicted molar refractivity (Wildman–Crippen MR) is 206 cm³/mol. The van der Waals surface area contributed by atoms with E-state index in [1.165, 1.54) is 160 Å². The van der Waals surface area contributed by atoms with E-state index in [0.29, 0.717) is 0 Å². The molecular formula is C43H80N2O2. The van der Waals surface area contributed by atoms with Crippen LogP contribution in [0.15, 0.2) is 30.3 Å². The normalized spacial score (nSPS) is 15.7. The lowest BCUT2D eigenvalue weighted by Gasteiger charge is -2.42. The van der Waals surface area contributed by atoms with E-state index in [1.54, 1.807) is 0 Å². The van der Waals surface area contributed by atoms with Crippen molar-refractivity contribution in [2.45, 2.75) is 192 Å². The van der Waals surface area contributed by atoms with Crippen molar-refractivity contribution in [1.29, 1.82) is 0 Å². The van der Waals surface area contributed by atoms with Crippen LogP contribution in [-0.2, 0) is 14.9 Å². The fraction of sp³-hybridized carbons (Fsp3) is 0.860. The van der Waals surface area contributed by atoms with Gasteiger partial charge in [-0.2, -0.15) is 0 Å². The second-order valence-electron chi connectivity index (χ2n) is 15.0. The van der Waals surface area contributed by atoms with Gasteiger partial charge in [-0.15, -0.1) is 0 Å². The summed E-state index contributed by atoms with van der Waals surface area (Å²) in [5.74, 6) is 0. The number of rotatable bonds is 33. The Balaban J connectivity index is 1.62. The molecule has 0 aliphatic carbocycles. The number of ether oxygens (including phenoxy) is 2. The molecule has 1 aromatic carbocycles. The van der Waals surface area contributed by atoms with Gasteiger partial charge in [-0.3, -0.25) is 0 Å². The minimum atomic E-state index is 0.119. The van der Waals surface area contributed by atoms with Gasteiger partial charge in [-0.25, -0.2) is 0 Å². The van der Waals surface area contributed by atoms with Gasteiger partial charge in [0.25, 0.3) is 0 Å². The number of hydrogen-bond acceptors (Lipinski definition) is 4. The molecule has 0 aromatic heterocycles. The zero-order valence-electron chi connectivity index (χ0n) is 31.6. The molecule has 47 heavy (non-hydrogen) atoms. The van der Waals surface area contributed by atoms with Crippen molar-refractivity contribution in [2.24, 2.45) is 5.73 Å².